The molecule has 0 aliphatic carbocycles. The smallest absolute Gasteiger partial charge is 0.253 e. The largest absolute Gasteiger partial charge is 0.497 e. The second kappa shape index (κ2) is 9.94. The van der Waals surface area contributed by atoms with Gasteiger partial charge >= 0.3 is 0 Å². The number of anilines is 1. The van der Waals surface area contributed by atoms with E-state index in [0.29, 0.717) is 5.56 Å². The van der Waals surface area contributed by atoms with Gasteiger partial charge in [-0.1, -0.05) is 6.07 Å². The number of thiophene rings is 1. The summed E-state index contributed by atoms with van der Waals surface area (Å²) in [5.74, 6) is 0.789. The van der Waals surface area contributed by atoms with Crippen LogP contribution in [-0.2, 0) is 0 Å². The van der Waals surface area contributed by atoms with E-state index in [-0.39, 0.29) is 18.0 Å². The number of amides is 1. The van der Waals surface area contributed by atoms with E-state index in [1.54, 1.807) is 43.0 Å². The van der Waals surface area contributed by atoms with Crippen molar-refractivity contribution in [2.75, 3.05) is 38.2 Å². The Balaban J connectivity index is 1.44. The van der Waals surface area contributed by atoms with Crippen molar-refractivity contribution in [1.82, 2.24) is 15.2 Å². The van der Waals surface area contributed by atoms with E-state index in [0.717, 1.165) is 31.9 Å². The molecule has 0 unspecified atom stereocenters. The predicted molar refractivity (Wildman–Crippen MR) is 125 cm³/mol. The minimum Gasteiger partial charge on any atom is -0.497 e. The fourth-order valence-electron chi connectivity index (χ4n) is 4.12. The molecule has 3 aromatic rings. The van der Waals surface area contributed by atoms with E-state index in [9.17, 15) is 4.79 Å². The van der Waals surface area contributed by atoms with E-state index < -0.39 is 0 Å². The van der Waals surface area contributed by atoms with Gasteiger partial charge in [-0.2, -0.15) is 0 Å². The number of piperazine rings is 1. The van der Waals surface area contributed by atoms with Crippen molar-refractivity contribution in [2.24, 2.45) is 0 Å². The third-order valence-electron chi connectivity index (χ3n) is 5.74. The van der Waals surface area contributed by atoms with Crippen LogP contribution in [0, 0.1) is 0 Å². The Hall–Kier alpha value is -2.90. The Morgan fingerprint density at radius 2 is 1.87 bits per heavy atom. The first-order valence-corrected chi connectivity index (χ1v) is 11.4. The third kappa shape index (κ3) is 5.06. The molecule has 1 aliphatic heterocycles. The first-order valence-electron chi connectivity index (χ1n) is 10.5. The van der Waals surface area contributed by atoms with Gasteiger partial charge in [-0.3, -0.25) is 14.7 Å². The topological polar surface area (TPSA) is 57.7 Å². The number of aromatic nitrogens is 1. The second-order valence-electron chi connectivity index (χ2n) is 7.69. The first-order chi connectivity index (χ1) is 15.2. The minimum absolute atomic E-state index is 0.0288. The zero-order chi connectivity index (χ0) is 21.6. The molecule has 0 spiro atoms. The molecule has 2 atom stereocenters. The van der Waals surface area contributed by atoms with Crippen molar-refractivity contribution in [3.05, 3.63) is 76.7 Å². The fourth-order valence-corrected chi connectivity index (χ4v) is 5.08. The molecule has 1 fully saturated rings. The van der Waals surface area contributed by atoms with Gasteiger partial charge in [-0.25, -0.2) is 0 Å². The molecular formula is C24H28N4O2S. The number of pyridine rings is 1. The van der Waals surface area contributed by atoms with Gasteiger partial charge in [0.15, 0.2) is 0 Å². The predicted octanol–water partition coefficient (Wildman–Crippen LogP) is 3.83. The minimum atomic E-state index is -0.0842. The Labute approximate surface area is 187 Å². The highest BCUT2D eigenvalue weighted by Gasteiger charge is 2.31. The number of hydrogen-bond acceptors (Lipinski definition) is 6. The van der Waals surface area contributed by atoms with E-state index in [2.05, 4.69) is 56.7 Å². The average Bonchev–Trinajstić information content (AvgIpc) is 3.34. The van der Waals surface area contributed by atoms with Gasteiger partial charge in [0.05, 0.1) is 18.7 Å². The highest BCUT2D eigenvalue weighted by molar-refractivity contribution is 7.10. The molecule has 0 saturated carbocycles. The highest BCUT2D eigenvalue weighted by Crippen LogP contribution is 2.30. The highest BCUT2D eigenvalue weighted by atomic mass is 32.1. The average molecular weight is 437 g/mol. The second-order valence-corrected chi connectivity index (χ2v) is 8.66. The first kappa shape index (κ1) is 21.3. The molecule has 1 amide bonds. The molecule has 3 heterocycles. The van der Waals surface area contributed by atoms with Crippen molar-refractivity contribution in [1.29, 1.82) is 0 Å². The number of hydrogen-bond donors (Lipinski definition) is 1. The fraction of sp³-hybridized carbons (Fsp3) is 0.333. The zero-order valence-electron chi connectivity index (χ0n) is 17.9. The lowest BCUT2D eigenvalue weighted by molar-refractivity contribution is 0.0890. The number of nitrogens with zero attached hydrogens (tertiary/aromatic N) is 3. The number of ether oxygens (including phenoxy) is 1. The summed E-state index contributed by atoms with van der Waals surface area (Å²) >= 11 is 1.74. The van der Waals surface area contributed by atoms with Crippen molar-refractivity contribution < 1.29 is 9.53 Å². The van der Waals surface area contributed by atoms with Gasteiger partial charge < -0.3 is 15.0 Å². The molecule has 6 nitrogen and oxygen atoms in total. The van der Waals surface area contributed by atoms with Gasteiger partial charge in [0, 0.05) is 55.2 Å². The van der Waals surface area contributed by atoms with E-state index >= 15 is 0 Å². The molecule has 0 radical (unpaired) electrons. The van der Waals surface area contributed by atoms with Crippen LogP contribution in [0.2, 0.25) is 0 Å². The molecular weight excluding hydrogens is 408 g/mol. The summed E-state index contributed by atoms with van der Waals surface area (Å²) in [6.45, 7) is 5.84. The molecule has 1 aliphatic rings. The number of carbonyl (C=O) groups excluding carboxylic acids is 1. The molecule has 7 heteroatoms. The van der Waals surface area contributed by atoms with Crippen LogP contribution < -0.4 is 15.0 Å². The van der Waals surface area contributed by atoms with Gasteiger partial charge in [0.1, 0.15) is 5.75 Å². The molecule has 2 aromatic heterocycles. The summed E-state index contributed by atoms with van der Waals surface area (Å²) in [4.78, 5) is 22.9. The SMILES string of the molecule is COc1ccc(N2CCN([C@@H](c3cccs3)[C@H](C)NC(=O)c3cccnc3)CC2)cc1. The summed E-state index contributed by atoms with van der Waals surface area (Å²) in [6.07, 6.45) is 3.28. The van der Waals surface area contributed by atoms with Crippen LogP contribution in [0.3, 0.4) is 0 Å². The maximum atomic E-state index is 12.7. The maximum Gasteiger partial charge on any atom is 0.253 e. The number of methoxy groups -OCH3 is 1. The van der Waals surface area contributed by atoms with E-state index in [4.69, 9.17) is 4.74 Å². The molecule has 4 rings (SSSR count). The van der Waals surface area contributed by atoms with Crippen LogP contribution in [0.1, 0.15) is 28.2 Å². The van der Waals surface area contributed by atoms with E-state index in [1.807, 2.05) is 12.1 Å². The normalized spacial score (nSPS) is 16.5. The Morgan fingerprint density at radius 3 is 2.48 bits per heavy atom. The number of carbonyl (C=O) groups is 1. The summed E-state index contributed by atoms with van der Waals surface area (Å²) in [5, 5.41) is 5.30. The van der Waals surface area contributed by atoms with Crippen LogP contribution in [0.25, 0.3) is 0 Å². The Bertz CT molecular complexity index is 955. The molecule has 1 N–H and O–H groups in total. The summed E-state index contributed by atoms with van der Waals surface area (Å²) in [6, 6.07) is 16.2. The summed E-state index contributed by atoms with van der Waals surface area (Å²) in [7, 11) is 1.69. The molecule has 1 aromatic carbocycles. The molecule has 1 saturated heterocycles. The molecule has 0 bridgehead atoms. The molecule has 31 heavy (non-hydrogen) atoms. The van der Waals surface area contributed by atoms with Gasteiger partial charge in [-0.15, -0.1) is 11.3 Å². The van der Waals surface area contributed by atoms with Gasteiger partial charge in [0.25, 0.3) is 5.91 Å². The monoisotopic (exact) mass is 436 g/mol. The van der Waals surface area contributed by atoms with Crippen LogP contribution in [0.4, 0.5) is 5.69 Å². The van der Waals surface area contributed by atoms with Crippen LogP contribution in [-0.4, -0.2) is 55.1 Å². The van der Waals surface area contributed by atoms with Crippen LogP contribution in [0.15, 0.2) is 66.3 Å². The zero-order valence-corrected chi connectivity index (χ0v) is 18.7. The van der Waals surface area contributed by atoms with Gasteiger partial charge in [-0.05, 0) is 54.8 Å². The summed E-state index contributed by atoms with van der Waals surface area (Å²) in [5.41, 5.74) is 1.80. The lowest BCUT2D eigenvalue weighted by atomic mass is 10.0. The maximum absolute atomic E-state index is 12.7. The standard InChI is InChI=1S/C24H28N4O2S/c1-18(26-24(29)19-5-3-11-25-17-19)23(22-6-4-16-31-22)28-14-12-27(13-15-28)20-7-9-21(30-2)10-8-20/h3-11,16-18,23H,12-15H2,1-2H3,(H,26,29)/t18-,23+/m0/s1. The lowest BCUT2D eigenvalue weighted by Gasteiger charge is -2.42. The quantitative estimate of drug-likeness (QED) is 0.610. The lowest BCUT2D eigenvalue weighted by Crippen LogP contribution is -2.52. The Morgan fingerprint density at radius 1 is 1.10 bits per heavy atom. The third-order valence-corrected chi connectivity index (χ3v) is 6.68. The number of benzene rings is 1. The number of nitrogens with one attached hydrogen (secondary N) is 1. The number of rotatable bonds is 7. The van der Waals surface area contributed by atoms with E-state index in [1.165, 1.54) is 10.6 Å². The van der Waals surface area contributed by atoms with Crippen molar-refractivity contribution in [2.45, 2.75) is 19.0 Å². The van der Waals surface area contributed by atoms with Crippen molar-refractivity contribution >= 4 is 22.9 Å². The van der Waals surface area contributed by atoms with Crippen LogP contribution >= 0.6 is 11.3 Å². The van der Waals surface area contributed by atoms with Gasteiger partial charge in [0.2, 0.25) is 0 Å². The van der Waals surface area contributed by atoms with Crippen LogP contribution in [0.5, 0.6) is 5.75 Å². The Kier molecular flexibility index (Phi) is 6.84. The van der Waals surface area contributed by atoms with Crippen molar-refractivity contribution in [3.8, 4) is 5.75 Å². The molecule has 162 valence electrons. The van der Waals surface area contributed by atoms with Crippen molar-refractivity contribution in [3.63, 3.8) is 0 Å². The summed E-state index contributed by atoms with van der Waals surface area (Å²) < 4.78 is 5.27.